The molecule has 0 aliphatic carbocycles. The molecule has 0 aliphatic rings. The molecule has 0 N–H and O–H groups in total. The highest BCUT2D eigenvalue weighted by atomic mass is 16.5. The number of hydrogen-bond donors (Lipinski definition) is 0. The zero-order chi connectivity index (χ0) is 15.5. The van der Waals surface area contributed by atoms with Crippen LogP contribution in [0.2, 0.25) is 0 Å². The van der Waals surface area contributed by atoms with Crippen molar-refractivity contribution in [2.75, 3.05) is 6.61 Å². The molecule has 0 unspecified atom stereocenters. The second-order valence-electron chi connectivity index (χ2n) is 5.03. The summed E-state index contributed by atoms with van der Waals surface area (Å²) < 4.78 is 5.19. The van der Waals surface area contributed by atoms with Gasteiger partial charge in [0.2, 0.25) is 0 Å². The molecule has 0 saturated heterocycles. The van der Waals surface area contributed by atoms with Gasteiger partial charge in [-0.15, -0.1) is 0 Å². The third-order valence-electron chi connectivity index (χ3n) is 3.44. The molecule has 0 amide bonds. The van der Waals surface area contributed by atoms with Gasteiger partial charge >= 0.3 is 5.97 Å². The Morgan fingerprint density at radius 3 is 2.64 bits per heavy atom. The first-order valence-electron chi connectivity index (χ1n) is 7.18. The Bertz CT molecular complexity index is 829. The summed E-state index contributed by atoms with van der Waals surface area (Å²) in [5, 5.41) is 0.816. The molecule has 0 fully saturated rings. The largest absolute Gasteiger partial charge is 0.462 e. The number of carbonyl (C=O) groups excluding carboxylic acids is 1. The van der Waals surface area contributed by atoms with Crippen molar-refractivity contribution in [1.29, 1.82) is 0 Å². The molecule has 2 aromatic heterocycles. The number of aryl methyl sites for hydroxylation is 1. The van der Waals surface area contributed by atoms with Gasteiger partial charge in [-0.25, -0.2) is 9.78 Å². The van der Waals surface area contributed by atoms with Crippen LogP contribution in [0.4, 0.5) is 0 Å². The quantitative estimate of drug-likeness (QED) is 0.689. The van der Waals surface area contributed by atoms with Gasteiger partial charge in [-0.1, -0.05) is 11.6 Å². The first-order chi connectivity index (χ1) is 10.7. The Labute approximate surface area is 128 Å². The summed E-state index contributed by atoms with van der Waals surface area (Å²) in [6, 6.07) is 11.4. The molecule has 2 heterocycles. The van der Waals surface area contributed by atoms with Crippen molar-refractivity contribution in [3.05, 3.63) is 59.9 Å². The molecule has 0 aliphatic heterocycles. The summed E-state index contributed by atoms with van der Waals surface area (Å²) in [6.45, 7) is 4.14. The third kappa shape index (κ3) is 2.68. The number of aromatic nitrogens is 2. The van der Waals surface area contributed by atoms with Crippen molar-refractivity contribution in [3.63, 3.8) is 0 Å². The number of benzene rings is 1. The van der Waals surface area contributed by atoms with Crippen LogP contribution in [0.25, 0.3) is 22.2 Å². The van der Waals surface area contributed by atoms with E-state index in [2.05, 4.69) is 9.97 Å². The Morgan fingerprint density at radius 2 is 1.91 bits per heavy atom. The fourth-order valence-electron chi connectivity index (χ4n) is 2.39. The topological polar surface area (TPSA) is 52.1 Å². The standard InChI is InChI=1S/C18H16N2O2/c1-3-22-18(21)15-11-17(13-6-8-19-9-7-13)20-16-5-4-12(2)10-14(15)16/h4-11H,3H2,1-2H3. The van der Waals surface area contributed by atoms with Crippen molar-refractivity contribution in [1.82, 2.24) is 9.97 Å². The third-order valence-corrected chi connectivity index (χ3v) is 3.44. The predicted molar refractivity (Wildman–Crippen MR) is 85.7 cm³/mol. The van der Waals surface area contributed by atoms with Crippen LogP contribution in [0.1, 0.15) is 22.8 Å². The van der Waals surface area contributed by atoms with Crippen LogP contribution < -0.4 is 0 Å². The highest BCUT2D eigenvalue weighted by Crippen LogP contribution is 2.26. The van der Waals surface area contributed by atoms with Gasteiger partial charge in [-0.3, -0.25) is 4.98 Å². The van der Waals surface area contributed by atoms with Crippen LogP contribution >= 0.6 is 0 Å². The molecular weight excluding hydrogens is 276 g/mol. The van der Waals surface area contributed by atoms with Crippen molar-refractivity contribution >= 4 is 16.9 Å². The van der Waals surface area contributed by atoms with Crippen LogP contribution in [-0.2, 0) is 4.74 Å². The molecule has 0 spiro atoms. The van der Waals surface area contributed by atoms with Crippen LogP contribution in [0.3, 0.4) is 0 Å². The van der Waals surface area contributed by atoms with Crippen LogP contribution in [0.5, 0.6) is 0 Å². The van der Waals surface area contributed by atoms with Gasteiger partial charge in [-0.05, 0) is 44.2 Å². The first kappa shape index (κ1) is 14.2. The average Bonchev–Trinajstić information content (AvgIpc) is 2.55. The fourth-order valence-corrected chi connectivity index (χ4v) is 2.39. The summed E-state index contributed by atoms with van der Waals surface area (Å²) in [5.74, 6) is -0.323. The van der Waals surface area contributed by atoms with E-state index in [-0.39, 0.29) is 5.97 Å². The molecule has 22 heavy (non-hydrogen) atoms. The maximum Gasteiger partial charge on any atom is 0.338 e. The van der Waals surface area contributed by atoms with Gasteiger partial charge in [-0.2, -0.15) is 0 Å². The number of ether oxygens (including phenoxy) is 1. The molecule has 4 nitrogen and oxygen atoms in total. The predicted octanol–water partition coefficient (Wildman–Crippen LogP) is 3.78. The van der Waals surface area contributed by atoms with Crippen molar-refractivity contribution in [3.8, 4) is 11.3 Å². The lowest BCUT2D eigenvalue weighted by Gasteiger charge is -2.10. The first-order valence-corrected chi connectivity index (χ1v) is 7.18. The molecule has 4 heteroatoms. The summed E-state index contributed by atoms with van der Waals surface area (Å²) in [4.78, 5) is 21.0. The van der Waals surface area contributed by atoms with Gasteiger partial charge in [0.1, 0.15) is 0 Å². The second kappa shape index (κ2) is 5.93. The monoisotopic (exact) mass is 292 g/mol. The minimum atomic E-state index is -0.323. The number of carbonyl (C=O) groups is 1. The Hall–Kier alpha value is -2.75. The smallest absolute Gasteiger partial charge is 0.338 e. The summed E-state index contributed by atoms with van der Waals surface area (Å²) in [7, 11) is 0. The zero-order valence-corrected chi connectivity index (χ0v) is 12.5. The van der Waals surface area contributed by atoms with Crippen LogP contribution in [0, 0.1) is 6.92 Å². The zero-order valence-electron chi connectivity index (χ0n) is 12.5. The van der Waals surface area contributed by atoms with E-state index < -0.39 is 0 Å². The fraction of sp³-hybridized carbons (Fsp3) is 0.167. The van der Waals surface area contributed by atoms with Crippen LogP contribution in [0.15, 0.2) is 48.8 Å². The molecule has 0 saturated carbocycles. The summed E-state index contributed by atoms with van der Waals surface area (Å²) in [6.07, 6.45) is 3.42. The molecule has 3 rings (SSSR count). The van der Waals surface area contributed by atoms with Gasteiger partial charge in [0.15, 0.2) is 0 Å². The van der Waals surface area contributed by atoms with Gasteiger partial charge in [0, 0.05) is 23.3 Å². The van der Waals surface area contributed by atoms with E-state index in [1.165, 1.54) is 0 Å². The van der Waals surface area contributed by atoms with E-state index in [1.54, 1.807) is 25.4 Å². The van der Waals surface area contributed by atoms with Gasteiger partial charge in [0.25, 0.3) is 0 Å². The van der Waals surface area contributed by atoms with E-state index in [0.717, 1.165) is 27.7 Å². The van der Waals surface area contributed by atoms with Gasteiger partial charge in [0.05, 0.1) is 23.4 Å². The van der Waals surface area contributed by atoms with E-state index in [4.69, 9.17) is 4.74 Å². The molecule has 0 atom stereocenters. The second-order valence-corrected chi connectivity index (χ2v) is 5.03. The Balaban J connectivity index is 2.25. The highest BCUT2D eigenvalue weighted by molar-refractivity contribution is 6.04. The lowest BCUT2D eigenvalue weighted by Crippen LogP contribution is -2.06. The normalized spacial score (nSPS) is 10.6. The summed E-state index contributed by atoms with van der Waals surface area (Å²) >= 11 is 0. The van der Waals surface area contributed by atoms with E-state index in [9.17, 15) is 4.79 Å². The van der Waals surface area contributed by atoms with Crippen molar-refractivity contribution in [2.45, 2.75) is 13.8 Å². The molecule has 3 aromatic rings. The number of fused-ring (bicyclic) bond motifs is 1. The molecule has 0 radical (unpaired) electrons. The highest BCUT2D eigenvalue weighted by Gasteiger charge is 2.15. The van der Waals surface area contributed by atoms with E-state index in [0.29, 0.717) is 12.2 Å². The minimum absolute atomic E-state index is 0.323. The summed E-state index contributed by atoms with van der Waals surface area (Å²) in [5.41, 5.74) is 4.06. The molecule has 110 valence electrons. The average molecular weight is 292 g/mol. The van der Waals surface area contributed by atoms with Crippen LogP contribution in [-0.4, -0.2) is 22.5 Å². The lowest BCUT2D eigenvalue weighted by molar-refractivity contribution is 0.0528. The minimum Gasteiger partial charge on any atom is -0.462 e. The number of rotatable bonds is 3. The number of nitrogens with zero attached hydrogens (tertiary/aromatic N) is 2. The van der Waals surface area contributed by atoms with Crippen molar-refractivity contribution < 1.29 is 9.53 Å². The number of esters is 1. The molecule has 1 aromatic carbocycles. The molecule has 0 bridgehead atoms. The number of hydrogen-bond acceptors (Lipinski definition) is 4. The van der Waals surface area contributed by atoms with Gasteiger partial charge < -0.3 is 4.74 Å². The SMILES string of the molecule is CCOC(=O)c1cc(-c2ccncc2)nc2ccc(C)cc12. The Kier molecular flexibility index (Phi) is 3.83. The Morgan fingerprint density at radius 1 is 1.14 bits per heavy atom. The van der Waals surface area contributed by atoms with E-state index in [1.807, 2.05) is 37.3 Å². The lowest BCUT2D eigenvalue weighted by atomic mass is 10.0. The maximum atomic E-state index is 12.3. The maximum absolute atomic E-state index is 12.3. The van der Waals surface area contributed by atoms with E-state index >= 15 is 0 Å². The molecular formula is C18H16N2O2. The number of pyridine rings is 2. The van der Waals surface area contributed by atoms with Crippen molar-refractivity contribution in [2.24, 2.45) is 0 Å².